The summed E-state index contributed by atoms with van der Waals surface area (Å²) in [5.74, 6) is 0.677. The van der Waals surface area contributed by atoms with E-state index in [0.717, 1.165) is 23.0 Å². The lowest BCUT2D eigenvalue weighted by molar-refractivity contribution is 0.0937. The third-order valence-electron chi connectivity index (χ3n) is 3.85. The molecule has 0 aliphatic heterocycles. The Kier molecular flexibility index (Phi) is 4.73. The van der Waals surface area contributed by atoms with Crippen molar-refractivity contribution >= 4 is 33.3 Å². The van der Waals surface area contributed by atoms with E-state index in [4.69, 9.17) is 0 Å². The van der Waals surface area contributed by atoms with Crippen LogP contribution < -0.4 is 10.6 Å². The highest BCUT2D eigenvalue weighted by molar-refractivity contribution is 9.10. The molecular formula is C17H18BrN3O. The van der Waals surface area contributed by atoms with Crippen molar-refractivity contribution in [2.75, 3.05) is 5.32 Å². The summed E-state index contributed by atoms with van der Waals surface area (Å²) in [6, 6.07) is 11.8. The molecule has 4 nitrogen and oxygen atoms in total. The van der Waals surface area contributed by atoms with Gasteiger partial charge in [0.05, 0.1) is 11.3 Å². The molecular weight excluding hydrogens is 342 g/mol. The van der Waals surface area contributed by atoms with Crippen molar-refractivity contribution in [2.24, 2.45) is 0 Å². The molecule has 5 heteroatoms. The summed E-state index contributed by atoms with van der Waals surface area (Å²) in [6.07, 6.45) is 6.20. The molecule has 0 atom stereocenters. The number of nitrogens with zero attached hydrogens (tertiary/aromatic N) is 1. The Morgan fingerprint density at radius 2 is 1.91 bits per heavy atom. The Morgan fingerprint density at radius 1 is 1.14 bits per heavy atom. The number of benzene rings is 1. The number of hydrogen-bond acceptors (Lipinski definition) is 3. The number of halogens is 1. The lowest BCUT2D eigenvalue weighted by atomic mass is 10.2. The van der Waals surface area contributed by atoms with Gasteiger partial charge in [-0.25, -0.2) is 4.98 Å². The lowest BCUT2D eigenvalue weighted by Crippen LogP contribution is -2.32. The molecule has 114 valence electrons. The highest BCUT2D eigenvalue weighted by Gasteiger charge is 2.18. The molecule has 1 fully saturated rings. The summed E-state index contributed by atoms with van der Waals surface area (Å²) in [5.41, 5.74) is 1.54. The van der Waals surface area contributed by atoms with Crippen LogP contribution in [0.2, 0.25) is 0 Å². The average molecular weight is 360 g/mol. The van der Waals surface area contributed by atoms with Crippen LogP contribution in [0.1, 0.15) is 36.0 Å². The van der Waals surface area contributed by atoms with Crippen molar-refractivity contribution in [3.63, 3.8) is 0 Å². The number of nitrogens with one attached hydrogen (secondary N) is 2. The zero-order valence-electron chi connectivity index (χ0n) is 12.2. The van der Waals surface area contributed by atoms with Gasteiger partial charge in [0.2, 0.25) is 0 Å². The van der Waals surface area contributed by atoms with E-state index >= 15 is 0 Å². The van der Waals surface area contributed by atoms with Gasteiger partial charge in [0.15, 0.2) is 0 Å². The van der Waals surface area contributed by atoms with Crippen LogP contribution in [-0.4, -0.2) is 16.9 Å². The largest absolute Gasteiger partial charge is 0.349 e. The van der Waals surface area contributed by atoms with E-state index in [1.807, 2.05) is 30.3 Å². The maximum atomic E-state index is 12.1. The lowest BCUT2D eigenvalue weighted by Gasteiger charge is -2.12. The summed E-state index contributed by atoms with van der Waals surface area (Å²) < 4.78 is 0.972. The van der Waals surface area contributed by atoms with Crippen molar-refractivity contribution in [3.8, 4) is 0 Å². The third kappa shape index (κ3) is 3.65. The fourth-order valence-corrected chi connectivity index (χ4v) is 3.03. The molecule has 1 aromatic carbocycles. The standard InChI is InChI=1S/C17H18BrN3O/c18-14-7-3-4-8-15(14)21-16-10-9-12(11-19-16)17(22)20-13-5-1-2-6-13/h3-4,7-11,13H,1-2,5-6H2,(H,19,21)(H,20,22). The van der Waals surface area contributed by atoms with Crippen LogP contribution in [0, 0.1) is 0 Å². The van der Waals surface area contributed by atoms with Crippen LogP contribution >= 0.6 is 15.9 Å². The maximum Gasteiger partial charge on any atom is 0.253 e. The van der Waals surface area contributed by atoms with Crippen molar-refractivity contribution in [1.29, 1.82) is 0 Å². The van der Waals surface area contributed by atoms with Gasteiger partial charge in [-0.3, -0.25) is 4.79 Å². The minimum atomic E-state index is -0.0353. The van der Waals surface area contributed by atoms with Gasteiger partial charge in [-0.2, -0.15) is 0 Å². The van der Waals surface area contributed by atoms with Gasteiger partial charge < -0.3 is 10.6 Å². The van der Waals surface area contributed by atoms with E-state index in [-0.39, 0.29) is 5.91 Å². The van der Waals surface area contributed by atoms with E-state index in [0.29, 0.717) is 17.4 Å². The van der Waals surface area contributed by atoms with Crippen LogP contribution in [0.15, 0.2) is 47.1 Å². The fraction of sp³-hybridized carbons (Fsp3) is 0.294. The SMILES string of the molecule is O=C(NC1CCCC1)c1ccc(Nc2ccccc2Br)nc1. The third-order valence-corrected chi connectivity index (χ3v) is 4.54. The minimum absolute atomic E-state index is 0.0353. The Bertz CT molecular complexity index is 651. The Hall–Kier alpha value is -1.88. The summed E-state index contributed by atoms with van der Waals surface area (Å²) in [6.45, 7) is 0. The van der Waals surface area contributed by atoms with Crippen LogP contribution in [0.25, 0.3) is 0 Å². The zero-order chi connectivity index (χ0) is 15.4. The van der Waals surface area contributed by atoms with Crippen molar-refractivity contribution in [3.05, 3.63) is 52.6 Å². The van der Waals surface area contributed by atoms with Crippen LogP contribution in [0.5, 0.6) is 0 Å². The van der Waals surface area contributed by atoms with Gasteiger partial charge in [-0.15, -0.1) is 0 Å². The van der Waals surface area contributed by atoms with Gasteiger partial charge in [-0.05, 0) is 53.0 Å². The molecule has 1 saturated carbocycles. The molecule has 1 aliphatic rings. The number of carbonyl (C=O) groups excluding carboxylic acids is 1. The number of carbonyl (C=O) groups is 1. The number of aromatic nitrogens is 1. The van der Waals surface area contributed by atoms with E-state index < -0.39 is 0 Å². The van der Waals surface area contributed by atoms with Gasteiger partial charge in [0.1, 0.15) is 5.82 Å². The Morgan fingerprint density at radius 3 is 2.59 bits per heavy atom. The molecule has 1 amide bonds. The molecule has 1 heterocycles. The summed E-state index contributed by atoms with van der Waals surface area (Å²) in [7, 11) is 0. The second-order valence-corrected chi connectivity index (χ2v) is 6.35. The predicted molar refractivity (Wildman–Crippen MR) is 91.4 cm³/mol. The smallest absolute Gasteiger partial charge is 0.253 e. The van der Waals surface area contributed by atoms with E-state index in [9.17, 15) is 4.79 Å². The van der Waals surface area contributed by atoms with Crippen LogP contribution in [0.3, 0.4) is 0 Å². The van der Waals surface area contributed by atoms with E-state index in [2.05, 4.69) is 31.5 Å². The number of pyridine rings is 1. The van der Waals surface area contributed by atoms with Gasteiger partial charge >= 0.3 is 0 Å². The molecule has 3 rings (SSSR count). The number of para-hydroxylation sites is 1. The minimum Gasteiger partial charge on any atom is -0.349 e. The van der Waals surface area contributed by atoms with Gasteiger partial charge in [-0.1, -0.05) is 25.0 Å². The molecule has 0 unspecified atom stereocenters. The Labute approximate surface area is 138 Å². The first-order valence-electron chi connectivity index (χ1n) is 7.51. The molecule has 2 N–H and O–H groups in total. The fourth-order valence-electron chi connectivity index (χ4n) is 2.64. The highest BCUT2D eigenvalue weighted by atomic mass is 79.9. The second kappa shape index (κ2) is 6.92. The highest BCUT2D eigenvalue weighted by Crippen LogP contribution is 2.24. The normalized spacial score (nSPS) is 14.8. The summed E-state index contributed by atoms with van der Waals surface area (Å²) in [5, 5.41) is 6.29. The van der Waals surface area contributed by atoms with Crippen molar-refractivity contribution in [2.45, 2.75) is 31.7 Å². The number of rotatable bonds is 4. The average Bonchev–Trinajstić information content (AvgIpc) is 3.03. The van der Waals surface area contributed by atoms with Gasteiger partial charge in [0.25, 0.3) is 5.91 Å². The number of hydrogen-bond donors (Lipinski definition) is 2. The second-order valence-electron chi connectivity index (χ2n) is 5.49. The van der Waals surface area contributed by atoms with Crippen LogP contribution in [-0.2, 0) is 0 Å². The summed E-state index contributed by atoms with van der Waals surface area (Å²) in [4.78, 5) is 16.5. The molecule has 0 spiro atoms. The molecule has 1 aliphatic carbocycles. The zero-order valence-corrected chi connectivity index (χ0v) is 13.8. The van der Waals surface area contributed by atoms with E-state index in [1.165, 1.54) is 12.8 Å². The van der Waals surface area contributed by atoms with E-state index in [1.54, 1.807) is 12.3 Å². The molecule has 0 saturated heterocycles. The monoisotopic (exact) mass is 359 g/mol. The first-order valence-corrected chi connectivity index (χ1v) is 8.30. The maximum absolute atomic E-state index is 12.1. The quantitative estimate of drug-likeness (QED) is 0.857. The molecule has 22 heavy (non-hydrogen) atoms. The van der Waals surface area contributed by atoms with Crippen molar-refractivity contribution in [1.82, 2.24) is 10.3 Å². The molecule has 0 radical (unpaired) electrons. The first kappa shape index (κ1) is 15.0. The first-order chi connectivity index (χ1) is 10.7. The predicted octanol–water partition coefficient (Wildman–Crippen LogP) is 4.26. The molecule has 2 aromatic rings. The van der Waals surface area contributed by atoms with Gasteiger partial charge in [0, 0.05) is 16.7 Å². The summed E-state index contributed by atoms with van der Waals surface area (Å²) >= 11 is 3.49. The van der Waals surface area contributed by atoms with Crippen LogP contribution in [0.4, 0.5) is 11.5 Å². The number of amides is 1. The van der Waals surface area contributed by atoms with Crippen molar-refractivity contribution < 1.29 is 4.79 Å². The topological polar surface area (TPSA) is 54.0 Å². The molecule has 1 aromatic heterocycles. The Balaban J connectivity index is 1.64. The number of anilines is 2. The molecule has 0 bridgehead atoms.